The summed E-state index contributed by atoms with van der Waals surface area (Å²) in [5.41, 5.74) is 1.50. The highest BCUT2D eigenvalue weighted by Crippen LogP contribution is 2.18. The molecule has 27 heavy (non-hydrogen) atoms. The van der Waals surface area contributed by atoms with E-state index in [1.54, 1.807) is 18.5 Å². The molecule has 1 saturated heterocycles. The summed E-state index contributed by atoms with van der Waals surface area (Å²) in [6.07, 6.45) is 2.37. The van der Waals surface area contributed by atoms with Crippen LogP contribution < -0.4 is 4.90 Å². The Bertz CT molecular complexity index is 780. The number of amides is 1. The van der Waals surface area contributed by atoms with Gasteiger partial charge < -0.3 is 14.7 Å². The van der Waals surface area contributed by atoms with E-state index in [1.165, 1.54) is 12.1 Å². The van der Waals surface area contributed by atoms with E-state index in [2.05, 4.69) is 21.9 Å². The molecule has 1 fully saturated rings. The Balaban J connectivity index is 1.74. The molecule has 0 spiro atoms. The Hall–Kier alpha value is -2.54. The molecule has 1 atom stereocenters. The lowest BCUT2D eigenvalue weighted by Crippen LogP contribution is -2.36. The molecule has 3 rings (SSSR count). The highest BCUT2D eigenvalue weighted by molar-refractivity contribution is 5.94. The summed E-state index contributed by atoms with van der Waals surface area (Å²) in [7, 11) is 5.98. The molecule has 0 bridgehead atoms. The van der Waals surface area contributed by atoms with Gasteiger partial charge in [0.1, 0.15) is 18.0 Å². The third-order valence-electron chi connectivity index (χ3n) is 4.84. The number of likely N-dealkylation sites (N-methyl/N-ethyl adjacent to an activating group) is 1. The predicted molar refractivity (Wildman–Crippen MR) is 103 cm³/mol. The molecule has 1 aliphatic heterocycles. The van der Waals surface area contributed by atoms with E-state index in [4.69, 9.17) is 0 Å². The van der Waals surface area contributed by atoms with Gasteiger partial charge >= 0.3 is 0 Å². The molecule has 1 aliphatic rings. The maximum absolute atomic E-state index is 13.2. The quantitative estimate of drug-likeness (QED) is 0.822. The summed E-state index contributed by atoms with van der Waals surface area (Å²) in [6, 6.07) is 7.76. The van der Waals surface area contributed by atoms with Crippen molar-refractivity contribution in [2.45, 2.75) is 6.42 Å². The molecule has 0 N–H and O–H groups in total. The van der Waals surface area contributed by atoms with Gasteiger partial charge in [-0.05, 0) is 43.7 Å². The maximum atomic E-state index is 13.2. The molecule has 0 saturated carbocycles. The molecule has 1 aromatic carbocycles. The first-order valence-electron chi connectivity index (χ1n) is 9.14. The van der Waals surface area contributed by atoms with Crippen LogP contribution in [0.1, 0.15) is 16.1 Å². The normalized spacial score (nSPS) is 18.2. The highest BCUT2D eigenvalue weighted by atomic mass is 19.1. The number of hydrogen-bond donors (Lipinski definition) is 0. The summed E-state index contributed by atoms with van der Waals surface area (Å²) in [6.45, 7) is 3.03. The third kappa shape index (κ3) is 5.01. The average Bonchev–Trinajstić information content (AvgIpc) is 2.83. The molecule has 0 radical (unpaired) electrons. The standard InChI is InChI=1S/C20H26FN5O/c1-24(2)19-11-18(22-14-23-19)10-15-12-25(3)8-9-26(13-15)20(27)16-4-6-17(21)7-5-16/h4-7,11,14-15H,8-10,12-13H2,1-3H3/t15-/m0/s1. The third-order valence-corrected chi connectivity index (χ3v) is 4.84. The second kappa shape index (κ2) is 8.43. The zero-order valence-electron chi connectivity index (χ0n) is 16.1. The van der Waals surface area contributed by atoms with Crippen LogP contribution in [0.5, 0.6) is 0 Å². The van der Waals surface area contributed by atoms with Gasteiger partial charge in [0.2, 0.25) is 0 Å². The predicted octanol–water partition coefficient (Wildman–Crippen LogP) is 1.93. The highest BCUT2D eigenvalue weighted by Gasteiger charge is 2.25. The SMILES string of the molecule is CN1CCN(C(=O)c2ccc(F)cc2)C[C@@H](Cc2cc(N(C)C)ncn2)C1. The Labute approximate surface area is 159 Å². The van der Waals surface area contributed by atoms with Crippen LogP contribution in [-0.4, -0.2) is 73.0 Å². The van der Waals surface area contributed by atoms with Crippen LogP contribution in [0.4, 0.5) is 10.2 Å². The lowest BCUT2D eigenvalue weighted by atomic mass is 10.0. The molecule has 0 unspecified atom stereocenters. The van der Waals surface area contributed by atoms with Crippen molar-refractivity contribution < 1.29 is 9.18 Å². The van der Waals surface area contributed by atoms with Crippen LogP contribution >= 0.6 is 0 Å². The van der Waals surface area contributed by atoms with Gasteiger partial charge in [-0.15, -0.1) is 0 Å². The summed E-state index contributed by atoms with van der Waals surface area (Å²) >= 11 is 0. The fraction of sp³-hybridized carbons (Fsp3) is 0.450. The molecule has 1 aromatic heterocycles. The topological polar surface area (TPSA) is 52.6 Å². The summed E-state index contributed by atoms with van der Waals surface area (Å²) < 4.78 is 13.2. The number of nitrogens with zero attached hydrogens (tertiary/aromatic N) is 5. The molecule has 0 aliphatic carbocycles. The van der Waals surface area contributed by atoms with Crippen molar-refractivity contribution in [3.05, 3.63) is 53.7 Å². The molecule has 7 heteroatoms. The van der Waals surface area contributed by atoms with Gasteiger partial charge in [-0.3, -0.25) is 4.79 Å². The van der Waals surface area contributed by atoms with E-state index in [0.29, 0.717) is 18.7 Å². The minimum atomic E-state index is -0.333. The number of anilines is 1. The van der Waals surface area contributed by atoms with E-state index in [-0.39, 0.29) is 17.6 Å². The molecule has 2 heterocycles. The van der Waals surface area contributed by atoms with Crippen molar-refractivity contribution in [1.29, 1.82) is 0 Å². The number of hydrogen-bond acceptors (Lipinski definition) is 5. The van der Waals surface area contributed by atoms with Gasteiger partial charge in [-0.25, -0.2) is 14.4 Å². The fourth-order valence-corrected chi connectivity index (χ4v) is 3.41. The number of aromatic nitrogens is 2. The number of rotatable bonds is 4. The second-order valence-corrected chi connectivity index (χ2v) is 7.35. The minimum Gasteiger partial charge on any atom is -0.363 e. The largest absolute Gasteiger partial charge is 0.363 e. The van der Waals surface area contributed by atoms with Gasteiger partial charge in [0.25, 0.3) is 5.91 Å². The Morgan fingerprint density at radius 3 is 2.63 bits per heavy atom. The number of carbonyl (C=O) groups is 1. The lowest BCUT2D eigenvalue weighted by molar-refractivity contribution is 0.0746. The molecule has 144 valence electrons. The van der Waals surface area contributed by atoms with Crippen molar-refractivity contribution >= 4 is 11.7 Å². The number of carbonyl (C=O) groups excluding carboxylic acids is 1. The zero-order chi connectivity index (χ0) is 19.4. The maximum Gasteiger partial charge on any atom is 0.253 e. The monoisotopic (exact) mass is 371 g/mol. The fourth-order valence-electron chi connectivity index (χ4n) is 3.41. The van der Waals surface area contributed by atoms with Crippen LogP contribution in [0.2, 0.25) is 0 Å². The van der Waals surface area contributed by atoms with Crippen molar-refractivity contribution in [3.8, 4) is 0 Å². The average molecular weight is 371 g/mol. The summed E-state index contributed by atoms with van der Waals surface area (Å²) in [5, 5.41) is 0. The van der Waals surface area contributed by atoms with Crippen LogP contribution in [0, 0.1) is 11.7 Å². The van der Waals surface area contributed by atoms with Crippen molar-refractivity contribution in [2.24, 2.45) is 5.92 Å². The van der Waals surface area contributed by atoms with Crippen LogP contribution in [0.25, 0.3) is 0 Å². The van der Waals surface area contributed by atoms with Gasteiger partial charge in [0.15, 0.2) is 0 Å². The molecule has 1 amide bonds. The first kappa shape index (κ1) is 19.2. The molecular formula is C20H26FN5O. The van der Waals surface area contributed by atoms with Crippen molar-refractivity contribution in [2.75, 3.05) is 52.2 Å². The van der Waals surface area contributed by atoms with E-state index in [0.717, 1.165) is 31.0 Å². The first-order valence-corrected chi connectivity index (χ1v) is 9.14. The minimum absolute atomic E-state index is 0.0491. The number of halogens is 1. The van der Waals surface area contributed by atoms with Gasteiger partial charge in [0, 0.05) is 57.6 Å². The summed E-state index contributed by atoms with van der Waals surface area (Å²) in [5.74, 6) is 0.764. The Morgan fingerprint density at radius 1 is 1.19 bits per heavy atom. The zero-order valence-corrected chi connectivity index (χ0v) is 16.1. The lowest BCUT2D eigenvalue weighted by Gasteiger charge is -2.24. The second-order valence-electron chi connectivity index (χ2n) is 7.35. The van der Waals surface area contributed by atoms with Crippen LogP contribution in [0.15, 0.2) is 36.7 Å². The number of benzene rings is 1. The van der Waals surface area contributed by atoms with Crippen molar-refractivity contribution in [1.82, 2.24) is 19.8 Å². The van der Waals surface area contributed by atoms with E-state index < -0.39 is 0 Å². The van der Waals surface area contributed by atoms with Gasteiger partial charge in [-0.2, -0.15) is 0 Å². The smallest absolute Gasteiger partial charge is 0.253 e. The molecule has 2 aromatic rings. The van der Waals surface area contributed by atoms with Crippen LogP contribution in [-0.2, 0) is 6.42 Å². The molecular weight excluding hydrogens is 345 g/mol. The van der Waals surface area contributed by atoms with Gasteiger partial charge in [0.05, 0.1) is 0 Å². The summed E-state index contributed by atoms with van der Waals surface area (Å²) in [4.78, 5) is 27.6. The van der Waals surface area contributed by atoms with E-state index in [1.807, 2.05) is 30.0 Å². The van der Waals surface area contributed by atoms with E-state index >= 15 is 0 Å². The Kier molecular flexibility index (Phi) is 6.01. The van der Waals surface area contributed by atoms with Crippen molar-refractivity contribution in [3.63, 3.8) is 0 Å². The Morgan fingerprint density at radius 2 is 1.93 bits per heavy atom. The van der Waals surface area contributed by atoms with Crippen LogP contribution in [0.3, 0.4) is 0 Å². The van der Waals surface area contributed by atoms with E-state index in [9.17, 15) is 9.18 Å². The molecule has 6 nitrogen and oxygen atoms in total. The van der Waals surface area contributed by atoms with Gasteiger partial charge in [-0.1, -0.05) is 0 Å². The first-order chi connectivity index (χ1) is 12.9.